The van der Waals surface area contributed by atoms with Gasteiger partial charge in [0.05, 0.1) is 22.2 Å². The number of fused-ring (bicyclic) bond motifs is 1. The number of aromatic carboxylic acids is 1. The van der Waals surface area contributed by atoms with Gasteiger partial charge in [-0.2, -0.15) is 0 Å². The van der Waals surface area contributed by atoms with Crippen molar-refractivity contribution >= 4 is 33.3 Å². The van der Waals surface area contributed by atoms with Crippen LogP contribution in [0.25, 0.3) is 21.3 Å². The fraction of sp³-hybridized carbons (Fsp3) is 0.125. The van der Waals surface area contributed by atoms with Gasteiger partial charge in [0.1, 0.15) is 16.6 Å². The number of Topliss-reactive ketones (excluding diaryl/α,β-unsaturated/α-hetero) is 1. The Labute approximate surface area is 176 Å². The maximum absolute atomic E-state index is 13.1. The summed E-state index contributed by atoms with van der Waals surface area (Å²) in [5, 5.41) is 9.82. The second-order valence-electron chi connectivity index (χ2n) is 7.02. The molecule has 6 heteroatoms. The number of carbonyl (C=O) groups is 2. The van der Waals surface area contributed by atoms with Gasteiger partial charge in [-0.3, -0.25) is 4.79 Å². The molecule has 0 amide bonds. The highest BCUT2D eigenvalue weighted by Crippen LogP contribution is 2.29. The lowest BCUT2D eigenvalue weighted by atomic mass is 10.0. The van der Waals surface area contributed by atoms with E-state index >= 15 is 0 Å². The molecule has 0 aliphatic carbocycles. The molecule has 0 radical (unpaired) electrons. The van der Waals surface area contributed by atoms with E-state index in [1.807, 2.05) is 24.3 Å². The fourth-order valence-electron chi connectivity index (χ4n) is 3.27. The molecule has 150 valence electrons. The normalized spacial score (nSPS) is 11.0. The van der Waals surface area contributed by atoms with Gasteiger partial charge in [0, 0.05) is 6.42 Å². The van der Waals surface area contributed by atoms with Gasteiger partial charge in [-0.15, -0.1) is 11.3 Å². The van der Waals surface area contributed by atoms with E-state index in [0.29, 0.717) is 12.8 Å². The first kappa shape index (κ1) is 19.9. The summed E-state index contributed by atoms with van der Waals surface area (Å²) in [5.41, 5.74) is 3.79. The number of thiazole rings is 1. The number of rotatable bonds is 7. The maximum atomic E-state index is 13.1. The molecule has 3 aromatic carbocycles. The number of aromatic nitrogens is 1. The first-order valence-electron chi connectivity index (χ1n) is 9.47. The van der Waals surface area contributed by atoms with Gasteiger partial charge in [-0.25, -0.2) is 14.2 Å². The third kappa shape index (κ3) is 4.60. The Kier molecular flexibility index (Phi) is 5.68. The third-order valence-corrected chi connectivity index (χ3v) is 5.84. The molecule has 0 bridgehead atoms. The van der Waals surface area contributed by atoms with Crippen molar-refractivity contribution in [3.05, 3.63) is 88.7 Å². The van der Waals surface area contributed by atoms with Gasteiger partial charge >= 0.3 is 5.97 Å². The molecule has 0 saturated carbocycles. The van der Waals surface area contributed by atoms with Crippen molar-refractivity contribution in [1.82, 2.24) is 4.98 Å². The minimum Gasteiger partial charge on any atom is -0.478 e. The van der Waals surface area contributed by atoms with Crippen molar-refractivity contribution in [2.24, 2.45) is 0 Å². The maximum Gasteiger partial charge on any atom is 0.335 e. The molecule has 0 fully saturated rings. The Bertz CT molecular complexity index is 1230. The van der Waals surface area contributed by atoms with Gasteiger partial charge < -0.3 is 5.11 Å². The van der Waals surface area contributed by atoms with Crippen LogP contribution in [0.3, 0.4) is 0 Å². The molecule has 4 aromatic rings. The van der Waals surface area contributed by atoms with Crippen LogP contribution in [0.15, 0.2) is 66.7 Å². The lowest BCUT2D eigenvalue weighted by Gasteiger charge is -2.02. The van der Waals surface area contributed by atoms with Crippen LogP contribution in [0, 0.1) is 5.82 Å². The highest BCUT2D eigenvalue weighted by atomic mass is 32.1. The number of ketones is 1. The lowest BCUT2D eigenvalue weighted by Crippen LogP contribution is -2.05. The number of carbonyl (C=O) groups excluding carboxylic acids is 1. The van der Waals surface area contributed by atoms with Gasteiger partial charge in [-0.1, -0.05) is 30.3 Å². The van der Waals surface area contributed by atoms with Gasteiger partial charge in [0.25, 0.3) is 0 Å². The first-order valence-corrected chi connectivity index (χ1v) is 10.3. The molecule has 0 aliphatic heterocycles. The largest absolute Gasteiger partial charge is 0.478 e. The lowest BCUT2D eigenvalue weighted by molar-refractivity contribution is -0.118. The van der Waals surface area contributed by atoms with E-state index in [2.05, 4.69) is 4.98 Å². The second kappa shape index (κ2) is 8.55. The summed E-state index contributed by atoms with van der Waals surface area (Å²) in [4.78, 5) is 28.0. The molecule has 0 aliphatic rings. The number of benzene rings is 3. The minimum absolute atomic E-state index is 0.0635. The van der Waals surface area contributed by atoms with Crippen LogP contribution >= 0.6 is 11.3 Å². The van der Waals surface area contributed by atoms with Crippen LogP contribution in [0.4, 0.5) is 4.39 Å². The zero-order chi connectivity index (χ0) is 21.1. The smallest absolute Gasteiger partial charge is 0.335 e. The van der Waals surface area contributed by atoms with Gasteiger partial charge in [0.15, 0.2) is 0 Å². The van der Waals surface area contributed by atoms with Crippen LogP contribution in [0.2, 0.25) is 0 Å². The number of halogens is 1. The van der Waals surface area contributed by atoms with Crippen LogP contribution in [-0.4, -0.2) is 21.8 Å². The molecule has 0 saturated heterocycles. The molecule has 0 spiro atoms. The first-order chi connectivity index (χ1) is 14.5. The Morgan fingerprint density at radius 2 is 1.73 bits per heavy atom. The standard InChI is InChI=1S/C24H18FNO3S/c25-19-8-5-16(6-9-19)17-7-11-21-22(13-17)30-23(26-21)14-20(27)10-4-15-2-1-3-18(12-15)24(28)29/h1-3,5-9,11-13H,4,10,14H2,(H,28,29). The molecular formula is C24H18FNO3S. The van der Waals surface area contributed by atoms with E-state index in [0.717, 1.165) is 31.9 Å². The van der Waals surface area contributed by atoms with E-state index in [9.17, 15) is 14.0 Å². The van der Waals surface area contributed by atoms with Crippen molar-refractivity contribution in [1.29, 1.82) is 0 Å². The van der Waals surface area contributed by atoms with Crippen molar-refractivity contribution in [3.8, 4) is 11.1 Å². The highest BCUT2D eigenvalue weighted by molar-refractivity contribution is 7.18. The predicted molar refractivity (Wildman–Crippen MR) is 115 cm³/mol. The van der Waals surface area contributed by atoms with Crippen molar-refractivity contribution < 1.29 is 19.1 Å². The molecule has 1 heterocycles. The quantitative estimate of drug-likeness (QED) is 0.427. The summed E-state index contributed by atoms with van der Waals surface area (Å²) in [7, 11) is 0. The zero-order valence-corrected chi connectivity index (χ0v) is 16.8. The van der Waals surface area contributed by atoms with Crippen LogP contribution in [0.1, 0.15) is 27.3 Å². The van der Waals surface area contributed by atoms with Crippen LogP contribution in [-0.2, 0) is 17.6 Å². The number of hydrogen-bond donors (Lipinski definition) is 1. The second-order valence-corrected chi connectivity index (χ2v) is 8.13. The Morgan fingerprint density at radius 3 is 2.50 bits per heavy atom. The molecule has 4 rings (SSSR count). The van der Waals surface area contributed by atoms with E-state index in [-0.39, 0.29) is 23.6 Å². The molecule has 30 heavy (non-hydrogen) atoms. The average molecular weight is 419 g/mol. The average Bonchev–Trinajstić information content (AvgIpc) is 3.14. The van der Waals surface area contributed by atoms with Gasteiger partial charge in [-0.05, 0) is 59.5 Å². The summed E-state index contributed by atoms with van der Waals surface area (Å²) in [5.74, 6) is -1.18. The van der Waals surface area contributed by atoms with Gasteiger partial charge in [0.2, 0.25) is 0 Å². The Balaban J connectivity index is 1.43. The molecule has 0 atom stereocenters. The number of carboxylic acid groups (broad SMARTS) is 1. The number of carboxylic acids is 1. The van der Waals surface area contributed by atoms with E-state index in [4.69, 9.17) is 5.11 Å². The predicted octanol–water partition coefficient (Wildman–Crippen LogP) is 5.55. The van der Waals surface area contributed by atoms with Crippen molar-refractivity contribution in [2.45, 2.75) is 19.3 Å². The molecule has 1 N–H and O–H groups in total. The Hall–Kier alpha value is -3.38. The topological polar surface area (TPSA) is 67.3 Å². The van der Waals surface area contributed by atoms with Crippen molar-refractivity contribution in [3.63, 3.8) is 0 Å². The summed E-state index contributed by atoms with van der Waals surface area (Å²) >= 11 is 1.48. The monoisotopic (exact) mass is 419 g/mol. The zero-order valence-electron chi connectivity index (χ0n) is 16.0. The molecule has 1 aromatic heterocycles. The highest BCUT2D eigenvalue weighted by Gasteiger charge is 2.11. The third-order valence-electron chi connectivity index (χ3n) is 4.83. The summed E-state index contributed by atoms with van der Waals surface area (Å²) in [6, 6.07) is 18.9. The number of hydrogen-bond acceptors (Lipinski definition) is 4. The molecule has 4 nitrogen and oxygen atoms in total. The van der Waals surface area contributed by atoms with E-state index in [1.165, 1.54) is 29.5 Å². The number of nitrogens with zero attached hydrogens (tertiary/aromatic N) is 1. The van der Waals surface area contributed by atoms with Crippen molar-refractivity contribution in [2.75, 3.05) is 0 Å². The Morgan fingerprint density at radius 1 is 0.967 bits per heavy atom. The SMILES string of the molecule is O=C(CCc1cccc(C(=O)O)c1)Cc1nc2ccc(-c3ccc(F)cc3)cc2s1. The summed E-state index contributed by atoms with van der Waals surface area (Å²) in [6.07, 6.45) is 1.09. The van der Waals surface area contributed by atoms with Crippen LogP contribution < -0.4 is 0 Å². The number of aryl methyl sites for hydroxylation is 1. The minimum atomic E-state index is -0.974. The molecular weight excluding hydrogens is 401 g/mol. The van der Waals surface area contributed by atoms with E-state index < -0.39 is 5.97 Å². The summed E-state index contributed by atoms with van der Waals surface area (Å²) in [6.45, 7) is 0. The van der Waals surface area contributed by atoms with E-state index in [1.54, 1.807) is 24.3 Å². The molecule has 0 unspecified atom stereocenters. The van der Waals surface area contributed by atoms with Crippen LogP contribution in [0.5, 0.6) is 0 Å². The fourth-order valence-corrected chi connectivity index (χ4v) is 4.31. The summed E-state index contributed by atoms with van der Waals surface area (Å²) < 4.78 is 14.1.